The Hall–Kier alpha value is -1.81. The first kappa shape index (κ1) is 11.3. The molecule has 0 bridgehead atoms. The van der Waals surface area contributed by atoms with Crippen LogP contribution in [0, 0.1) is 6.92 Å². The van der Waals surface area contributed by atoms with Gasteiger partial charge in [-0.15, -0.1) is 0 Å². The summed E-state index contributed by atoms with van der Waals surface area (Å²) in [4.78, 5) is 8.41. The molecule has 0 aliphatic heterocycles. The lowest BCUT2D eigenvalue weighted by atomic mass is 10.2. The van der Waals surface area contributed by atoms with Gasteiger partial charge in [-0.3, -0.25) is 4.98 Å². The van der Waals surface area contributed by atoms with Gasteiger partial charge in [-0.1, -0.05) is 41.6 Å². The molecule has 0 aliphatic carbocycles. The van der Waals surface area contributed by atoms with E-state index in [1.807, 2.05) is 6.07 Å². The molecule has 0 saturated carbocycles. The SMILES string of the molecule is Cc1ccc(CSc2nc3ccncc3o2)cc1. The zero-order chi connectivity index (χ0) is 12.4. The standard InChI is InChI=1S/C14H12N2OS/c1-10-2-4-11(5-3-10)9-18-14-16-12-6-7-15-8-13(12)17-14/h2-8H,9H2,1H3. The number of pyridine rings is 1. The maximum atomic E-state index is 5.60. The van der Waals surface area contributed by atoms with Crippen LogP contribution in [0.15, 0.2) is 52.4 Å². The summed E-state index contributed by atoms with van der Waals surface area (Å²) < 4.78 is 5.60. The van der Waals surface area contributed by atoms with Crippen LogP contribution in [-0.4, -0.2) is 9.97 Å². The average Bonchev–Trinajstić information content (AvgIpc) is 2.81. The van der Waals surface area contributed by atoms with Crippen LogP contribution in [0.25, 0.3) is 11.1 Å². The second-order valence-corrected chi connectivity index (χ2v) is 5.02. The fraction of sp³-hybridized carbons (Fsp3) is 0.143. The predicted molar refractivity (Wildman–Crippen MR) is 72.5 cm³/mol. The molecule has 0 amide bonds. The average molecular weight is 256 g/mol. The number of nitrogens with zero attached hydrogens (tertiary/aromatic N) is 2. The van der Waals surface area contributed by atoms with Crippen molar-refractivity contribution in [2.75, 3.05) is 0 Å². The van der Waals surface area contributed by atoms with Gasteiger partial charge in [0.05, 0.1) is 6.20 Å². The van der Waals surface area contributed by atoms with Crippen molar-refractivity contribution in [3.05, 3.63) is 53.9 Å². The number of hydrogen-bond donors (Lipinski definition) is 0. The molecular weight excluding hydrogens is 244 g/mol. The Balaban J connectivity index is 1.74. The van der Waals surface area contributed by atoms with Gasteiger partial charge in [0, 0.05) is 11.9 Å². The zero-order valence-electron chi connectivity index (χ0n) is 9.96. The van der Waals surface area contributed by atoms with E-state index in [4.69, 9.17) is 4.42 Å². The van der Waals surface area contributed by atoms with E-state index >= 15 is 0 Å². The minimum Gasteiger partial charge on any atom is -0.430 e. The van der Waals surface area contributed by atoms with Gasteiger partial charge < -0.3 is 4.42 Å². The predicted octanol–water partition coefficient (Wildman–Crippen LogP) is 3.82. The Kier molecular flexibility index (Phi) is 3.02. The summed E-state index contributed by atoms with van der Waals surface area (Å²) in [5.41, 5.74) is 4.14. The molecule has 0 fully saturated rings. The van der Waals surface area contributed by atoms with Crippen LogP contribution >= 0.6 is 11.8 Å². The van der Waals surface area contributed by atoms with Crippen molar-refractivity contribution in [1.29, 1.82) is 0 Å². The Morgan fingerprint density at radius 1 is 1.17 bits per heavy atom. The van der Waals surface area contributed by atoms with E-state index in [1.54, 1.807) is 24.2 Å². The van der Waals surface area contributed by atoms with Gasteiger partial charge in [0.15, 0.2) is 5.58 Å². The fourth-order valence-electron chi connectivity index (χ4n) is 1.65. The fourth-order valence-corrected chi connectivity index (χ4v) is 2.44. The highest BCUT2D eigenvalue weighted by Gasteiger charge is 2.06. The van der Waals surface area contributed by atoms with Gasteiger partial charge in [-0.25, -0.2) is 4.98 Å². The molecule has 4 heteroatoms. The number of hydrogen-bond acceptors (Lipinski definition) is 4. The number of thioether (sulfide) groups is 1. The maximum absolute atomic E-state index is 5.60. The van der Waals surface area contributed by atoms with Crippen molar-refractivity contribution in [2.24, 2.45) is 0 Å². The third-order valence-electron chi connectivity index (χ3n) is 2.65. The number of oxazole rings is 1. The summed E-state index contributed by atoms with van der Waals surface area (Å²) in [6, 6.07) is 10.4. The molecule has 0 atom stereocenters. The molecule has 0 radical (unpaired) electrons. The molecule has 0 spiro atoms. The number of rotatable bonds is 3. The maximum Gasteiger partial charge on any atom is 0.257 e. The Labute approximate surface area is 109 Å². The van der Waals surface area contributed by atoms with Crippen LogP contribution in [0.3, 0.4) is 0 Å². The van der Waals surface area contributed by atoms with Crippen molar-refractivity contribution < 1.29 is 4.42 Å². The summed E-state index contributed by atoms with van der Waals surface area (Å²) in [7, 11) is 0. The summed E-state index contributed by atoms with van der Waals surface area (Å²) in [6.45, 7) is 2.09. The number of aromatic nitrogens is 2. The molecule has 2 aromatic heterocycles. The van der Waals surface area contributed by atoms with Crippen molar-refractivity contribution in [1.82, 2.24) is 9.97 Å². The van der Waals surface area contributed by atoms with Gasteiger partial charge in [0.2, 0.25) is 0 Å². The van der Waals surface area contributed by atoms with E-state index in [0.29, 0.717) is 5.22 Å². The Morgan fingerprint density at radius 3 is 2.78 bits per heavy atom. The molecule has 90 valence electrons. The van der Waals surface area contributed by atoms with Gasteiger partial charge >= 0.3 is 0 Å². The van der Waals surface area contributed by atoms with Gasteiger partial charge in [0.1, 0.15) is 5.52 Å². The topological polar surface area (TPSA) is 38.9 Å². The summed E-state index contributed by atoms with van der Waals surface area (Å²) in [6.07, 6.45) is 3.41. The summed E-state index contributed by atoms with van der Waals surface area (Å²) in [5, 5.41) is 0.693. The van der Waals surface area contributed by atoms with Crippen LogP contribution in [0.2, 0.25) is 0 Å². The normalized spacial score (nSPS) is 10.9. The van der Waals surface area contributed by atoms with Crippen molar-refractivity contribution in [3.63, 3.8) is 0 Å². The molecule has 0 aliphatic rings. The van der Waals surface area contributed by atoms with Crippen molar-refractivity contribution in [2.45, 2.75) is 17.9 Å². The second-order valence-electron chi connectivity index (χ2n) is 4.10. The quantitative estimate of drug-likeness (QED) is 0.668. The zero-order valence-corrected chi connectivity index (χ0v) is 10.8. The number of fused-ring (bicyclic) bond motifs is 1. The van der Waals surface area contributed by atoms with E-state index in [9.17, 15) is 0 Å². The van der Waals surface area contributed by atoms with E-state index in [2.05, 4.69) is 41.2 Å². The molecule has 0 unspecified atom stereocenters. The van der Waals surface area contributed by atoms with E-state index in [-0.39, 0.29) is 0 Å². The molecule has 3 aromatic rings. The first-order valence-electron chi connectivity index (χ1n) is 5.70. The summed E-state index contributed by atoms with van der Waals surface area (Å²) in [5.74, 6) is 0.862. The third kappa shape index (κ3) is 2.38. The largest absolute Gasteiger partial charge is 0.430 e. The minimum atomic E-state index is 0.693. The Morgan fingerprint density at radius 2 is 2.00 bits per heavy atom. The molecular formula is C14H12N2OS. The monoisotopic (exact) mass is 256 g/mol. The first-order valence-corrected chi connectivity index (χ1v) is 6.69. The van der Waals surface area contributed by atoms with Gasteiger partial charge in [-0.2, -0.15) is 0 Å². The van der Waals surface area contributed by atoms with Crippen LogP contribution in [0.1, 0.15) is 11.1 Å². The highest BCUT2D eigenvalue weighted by molar-refractivity contribution is 7.98. The molecule has 0 saturated heterocycles. The van der Waals surface area contributed by atoms with Crippen LogP contribution in [0.5, 0.6) is 0 Å². The number of aryl methyl sites for hydroxylation is 1. The lowest BCUT2D eigenvalue weighted by Gasteiger charge is -1.98. The lowest BCUT2D eigenvalue weighted by Crippen LogP contribution is -1.80. The van der Waals surface area contributed by atoms with Gasteiger partial charge in [-0.05, 0) is 18.6 Å². The first-order chi connectivity index (χ1) is 8.81. The molecule has 3 rings (SSSR count). The molecule has 3 nitrogen and oxygen atoms in total. The smallest absolute Gasteiger partial charge is 0.257 e. The van der Waals surface area contributed by atoms with Crippen molar-refractivity contribution in [3.8, 4) is 0 Å². The van der Waals surface area contributed by atoms with E-state index in [0.717, 1.165) is 16.9 Å². The van der Waals surface area contributed by atoms with E-state index in [1.165, 1.54) is 11.1 Å². The highest BCUT2D eigenvalue weighted by atomic mass is 32.2. The third-order valence-corrected chi connectivity index (χ3v) is 3.55. The molecule has 2 heterocycles. The van der Waals surface area contributed by atoms with Crippen LogP contribution in [-0.2, 0) is 5.75 Å². The van der Waals surface area contributed by atoms with Crippen molar-refractivity contribution >= 4 is 22.9 Å². The van der Waals surface area contributed by atoms with Crippen LogP contribution < -0.4 is 0 Å². The number of benzene rings is 1. The van der Waals surface area contributed by atoms with Gasteiger partial charge in [0.25, 0.3) is 5.22 Å². The lowest BCUT2D eigenvalue weighted by molar-refractivity contribution is 0.488. The van der Waals surface area contributed by atoms with Crippen LogP contribution in [0.4, 0.5) is 0 Å². The second kappa shape index (κ2) is 4.82. The summed E-state index contributed by atoms with van der Waals surface area (Å²) >= 11 is 1.60. The van der Waals surface area contributed by atoms with E-state index < -0.39 is 0 Å². The Bertz CT molecular complexity index is 628. The minimum absolute atomic E-state index is 0.693. The molecule has 18 heavy (non-hydrogen) atoms. The highest BCUT2D eigenvalue weighted by Crippen LogP contribution is 2.25. The molecule has 1 aromatic carbocycles. The molecule has 0 N–H and O–H groups in total.